The summed E-state index contributed by atoms with van der Waals surface area (Å²) in [6.45, 7) is 5.93. The number of aromatic nitrogens is 2. The number of fused-ring (bicyclic) bond motifs is 1. The van der Waals surface area contributed by atoms with Crippen molar-refractivity contribution in [3.8, 4) is 5.75 Å². The van der Waals surface area contributed by atoms with E-state index in [1.165, 1.54) is 17.0 Å². The highest BCUT2D eigenvalue weighted by atomic mass is 79.9. The summed E-state index contributed by atoms with van der Waals surface area (Å²) in [5.74, 6) is 0.548. The van der Waals surface area contributed by atoms with Crippen LogP contribution in [0, 0.1) is 0 Å². The molecule has 3 rings (SSSR count). The van der Waals surface area contributed by atoms with Gasteiger partial charge in [0.2, 0.25) is 0 Å². The standard InChI is InChI=1S/C19H17BrClN3O2/c1-19(2,3)18-23-15-6-5-12(20)9-13(15)17(26)24(18)22-10-11-4-7-16(25)14(21)8-11/h4-10,25H,1-3H3. The molecule has 7 heteroatoms. The van der Waals surface area contributed by atoms with Gasteiger partial charge in [0.1, 0.15) is 11.6 Å². The second-order valence-corrected chi connectivity index (χ2v) is 8.24. The molecule has 5 nitrogen and oxygen atoms in total. The molecule has 0 fully saturated rings. The van der Waals surface area contributed by atoms with Crippen molar-refractivity contribution in [1.29, 1.82) is 0 Å². The van der Waals surface area contributed by atoms with E-state index in [-0.39, 0.29) is 21.7 Å². The van der Waals surface area contributed by atoms with Crippen molar-refractivity contribution in [2.24, 2.45) is 5.10 Å². The molecule has 2 aromatic carbocycles. The number of benzene rings is 2. The zero-order valence-electron chi connectivity index (χ0n) is 14.5. The van der Waals surface area contributed by atoms with E-state index in [1.54, 1.807) is 18.2 Å². The van der Waals surface area contributed by atoms with Crippen molar-refractivity contribution in [2.45, 2.75) is 26.2 Å². The third-order valence-electron chi connectivity index (χ3n) is 3.77. The lowest BCUT2D eigenvalue weighted by Crippen LogP contribution is -2.29. The molecule has 0 amide bonds. The number of phenolic OH excluding ortho intramolecular Hbond substituents is 1. The van der Waals surface area contributed by atoms with E-state index in [2.05, 4.69) is 26.0 Å². The molecule has 0 spiro atoms. The predicted molar refractivity (Wildman–Crippen MR) is 109 cm³/mol. The Morgan fingerprint density at radius 3 is 2.62 bits per heavy atom. The van der Waals surface area contributed by atoms with Crippen LogP contribution in [0.4, 0.5) is 0 Å². The molecule has 0 unspecified atom stereocenters. The average Bonchev–Trinajstić information content (AvgIpc) is 2.56. The van der Waals surface area contributed by atoms with Crippen LogP contribution in [0.1, 0.15) is 32.2 Å². The van der Waals surface area contributed by atoms with E-state index in [0.29, 0.717) is 22.3 Å². The minimum absolute atomic E-state index is 0.00594. The Labute approximate surface area is 164 Å². The minimum atomic E-state index is -0.385. The van der Waals surface area contributed by atoms with Crippen LogP contribution in [0.3, 0.4) is 0 Å². The molecule has 1 heterocycles. The molecule has 0 aliphatic carbocycles. The number of nitrogens with zero attached hydrogens (tertiary/aromatic N) is 3. The van der Waals surface area contributed by atoms with E-state index in [4.69, 9.17) is 11.6 Å². The van der Waals surface area contributed by atoms with Crippen molar-refractivity contribution in [2.75, 3.05) is 0 Å². The Bertz CT molecular complexity index is 1080. The summed E-state index contributed by atoms with van der Waals surface area (Å²) in [5, 5.41) is 14.6. The summed E-state index contributed by atoms with van der Waals surface area (Å²) in [6.07, 6.45) is 1.52. The zero-order valence-corrected chi connectivity index (χ0v) is 16.8. The SMILES string of the molecule is CC(C)(C)c1nc2ccc(Br)cc2c(=O)n1N=Cc1ccc(O)c(Cl)c1. The molecule has 134 valence electrons. The van der Waals surface area contributed by atoms with Gasteiger partial charge in [-0.3, -0.25) is 4.79 Å². The molecule has 0 saturated heterocycles. The first kappa shape index (κ1) is 18.6. The van der Waals surface area contributed by atoms with Gasteiger partial charge in [0, 0.05) is 9.89 Å². The van der Waals surface area contributed by atoms with Gasteiger partial charge in [-0.2, -0.15) is 9.78 Å². The van der Waals surface area contributed by atoms with E-state index >= 15 is 0 Å². The van der Waals surface area contributed by atoms with Crippen LogP contribution >= 0.6 is 27.5 Å². The van der Waals surface area contributed by atoms with Gasteiger partial charge in [0.15, 0.2) is 0 Å². The number of hydrogen-bond donors (Lipinski definition) is 1. The number of aromatic hydroxyl groups is 1. The first-order valence-electron chi connectivity index (χ1n) is 7.92. The van der Waals surface area contributed by atoms with Crippen LogP contribution in [0.15, 0.2) is 50.8 Å². The van der Waals surface area contributed by atoms with Gasteiger partial charge < -0.3 is 5.11 Å². The second-order valence-electron chi connectivity index (χ2n) is 6.92. The minimum Gasteiger partial charge on any atom is -0.506 e. The molecule has 3 aromatic rings. The molecular formula is C19H17BrClN3O2. The number of halogens is 2. The van der Waals surface area contributed by atoms with Gasteiger partial charge in [-0.15, -0.1) is 0 Å². The normalized spacial score (nSPS) is 12.2. The fourth-order valence-corrected chi connectivity index (χ4v) is 3.02. The lowest BCUT2D eigenvalue weighted by Gasteiger charge is -2.20. The molecule has 1 aromatic heterocycles. The summed E-state index contributed by atoms with van der Waals surface area (Å²) >= 11 is 9.32. The summed E-state index contributed by atoms with van der Waals surface area (Å²) < 4.78 is 2.11. The maximum atomic E-state index is 13.0. The summed E-state index contributed by atoms with van der Waals surface area (Å²) in [4.78, 5) is 17.7. The maximum Gasteiger partial charge on any atom is 0.282 e. The van der Waals surface area contributed by atoms with Crippen molar-refractivity contribution < 1.29 is 5.11 Å². The van der Waals surface area contributed by atoms with E-state index in [9.17, 15) is 9.90 Å². The average molecular weight is 435 g/mol. The summed E-state index contributed by atoms with van der Waals surface area (Å²) in [6, 6.07) is 10.1. The summed E-state index contributed by atoms with van der Waals surface area (Å²) in [5.41, 5.74) is 0.656. The summed E-state index contributed by atoms with van der Waals surface area (Å²) in [7, 11) is 0. The van der Waals surface area contributed by atoms with Gasteiger partial charge in [0.05, 0.1) is 22.1 Å². The Kier molecular flexibility index (Phi) is 4.90. The quantitative estimate of drug-likeness (QED) is 0.595. The molecule has 0 radical (unpaired) electrons. The first-order valence-corrected chi connectivity index (χ1v) is 9.09. The molecule has 26 heavy (non-hydrogen) atoms. The molecule has 0 saturated carbocycles. The van der Waals surface area contributed by atoms with Crippen LogP contribution in [0.5, 0.6) is 5.75 Å². The van der Waals surface area contributed by atoms with E-state index in [0.717, 1.165) is 4.47 Å². The zero-order chi connectivity index (χ0) is 19.1. The molecular weight excluding hydrogens is 418 g/mol. The van der Waals surface area contributed by atoms with Crippen LogP contribution in [-0.4, -0.2) is 21.0 Å². The lowest BCUT2D eigenvalue weighted by molar-refractivity contribution is 0.475. The number of rotatable bonds is 2. The predicted octanol–water partition coefficient (Wildman–Crippen LogP) is 4.70. The van der Waals surface area contributed by atoms with Gasteiger partial charge in [-0.1, -0.05) is 48.3 Å². The monoisotopic (exact) mass is 433 g/mol. The van der Waals surface area contributed by atoms with Crippen molar-refractivity contribution >= 4 is 44.6 Å². The Morgan fingerprint density at radius 2 is 1.96 bits per heavy atom. The van der Waals surface area contributed by atoms with Crippen molar-refractivity contribution in [1.82, 2.24) is 9.66 Å². The first-order chi connectivity index (χ1) is 12.2. The van der Waals surface area contributed by atoms with Gasteiger partial charge in [-0.25, -0.2) is 4.98 Å². The van der Waals surface area contributed by atoms with Crippen LogP contribution in [0.2, 0.25) is 5.02 Å². The van der Waals surface area contributed by atoms with Crippen LogP contribution in [0.25, 0.3) is 10.9 Å². The fraction of sp³-hybridized carbons (Fsp3) is 0.211. The Hall–Kier alpha value is -2.18. The molecule has 0 bridgehead atoms. The third-order valence-corrected chi connectivity index (χ3v) is 4.57. The van der Waals surface area contributed by atoms with E-state index in [1.807, 2.05) is 32.9 Å². The van der Waals surface area contributed by atoms with Crippen molar-refractivity contribution in [3.63, 3.8) is 0 Å². The smallest absolute Gasteiger partial charge is 0.282 e. The number of phenols is 1. The van der Waals surface area contributed by atoms with Gasteiger partial charge in [0.25, 0.3) is 5.56 Å². The highest BCUT2D eigenvalue weighted by Gasteiger charge is 2.22. The third kappa shape index (κ3) is 3.66. The topological polar surface area (TPSA) is 67.5 Å². The number of hydrogen-bond acceptors (Lipinski definition) is 4. The fourth-order valence-electron chi connectivity index (χ4n) is 2.47. The Morgan fingerprint density at radius 1 is 1.23 bits per heavy atom. The molecule has 0 atom stereocenters. The second kappa shape index (κ2) is 6.85. The maximum absolute atomic E-state index is 13.0. The molecule has 0 aliphatic heterocycles. The van der Waals surface area contributed by atoms with Crippen LogP contribution in [-0.2, 0) is 5.41 Å². The molecule has 1 N–H and O–H groups in total. The van der Waals surface area contributed by atoms with Crippen molar-refractivity contribution in [3.05, 3.63) is 67.6 Å². The van der Waals surface area contributed by atoms with E-state index < -0.39 is 0 Å². The largest absolute Gasteiger partial charge is 0.506 e. The lowest BCUT2D eigenvalue weighted by atomic mass is 9.95. The molecule has 0 aliphatic rings. The highest BCUT2D eigenvalue weighted by molar-refractivity contribution is 9.10. The van der Waals surface area contributed by atoms with Gasteiger partial charge >= 0.3 is 0 Å². The van der Waals surface area contributed by atoms with Gasteiger partial charge in [-0.05, 0) is 42.0 Å². The highest BCUT2D eigenvalue weighted by Crippen LogP contribution is 2.24. The van der Waals surface area contributed by atoms with Crippen LogP contribution < -0.4 is 5.56 Å². The Balaban J connectivity index is 2.22.